The molecular weight excluding hydrogens is 388 g/mol. The lowest BCUT2D eigenvalue weighted by Gasteiger charge is -2.14. The largest absolute Gasteiger partial charge is 0.744 e. The highest BCUT2D eigenvalue weighted by Crippen LogP contribution is 2.10. The van der Waals surface area contributed by atoms with E-state index in [0.717, 1.165) is 31.5 Å². The van der Waals surface area contributed by atoms with E-state index in [1.165, 1.54) is 18.4 Å². The molecule has 1 rings (SSSR count). The highest BCUT2D eigenvalue weighted by molar-refractivity contribution is 7.88. The summed E-state index contributed by atoms with van der Waals surface area (Å²) >= 11 is 0. The summed E-state index contributed by atoms with van der Waals surface area (Å²) < 4.78 is 55.5. The molecule has 1 aromatic carbocycles. The number of hydrogen-bond acceptors (Lipinski definition) is 6. The molecule has 0 aliphatic rings. The predicted molar refractivity (Wildman–Crippen MR) is 108 cm³/mol. The maximum absolute atomic E-state index is 10.7. The molecule has 7 nitrogen and oxygen atoms in total. The molecule has 0 aliphatic heterocycles. The van der Waals surface area contributed by atoms with Crippen molar-refractivity contribution < 1.29 is 21.4 Å². The maximum atomic E-state index is 10.7. The number of hydrogen-bond donors (Lipinski definition) is 1. The second-order valence-electron chi connectivity index (χ2n) is 5.99. The molecule has 0 heterocycles. The topological polar surface area (TPSA) is 107 Å². The van der Waals surface area contributed by atoms with Crippen LogP contribution in [0.5, 0.6) is 0 Å². The van der Waals surface area contributed by atoms with Crippen LogP contribution in [0.4, 0.5) is 0 Å². The van der Waals surface area contributed by atoms with Crippen molar-refractivity contribution in [2.45, 2.75) is 24.2 Å². The fraction of sp³-hybridized carbons (Fsp3) is 0.444. The van der Waals surface area contributed by atoms with Crippen LogP contribution in [0.25, 0.3) is 0 Å². The van der Waals surface area contributed by atoms with Crippen LogP contribution in [-0.2, 0) is 26.6 Å². The quantitative estimate of drug-likeness (QED) is 0.334. The first-order valence-electron chi connectivity index (χ1n) is 8.39. The van der Waals surface area contributed by atoms with Gasteiger partial charge in [-0.2, -0.15) is 0 Å². The molecule has 9 heteroatoms. The van der Waals surface area contributed by atoms with E-state index >= 15 is 0 Å². The highest BCUT2D eigenvalue weighted by atomic mass is 32.2. The SMILES string of the molecule is C=CCCN(C)CCCNS(C)(=O)=O.C=CCc1ccc(S(=O)(=O)[O-])cc1. The van der Waals surface area contributed by atoms with E-state index in [0.29, 0.717) is 13.0 Å². The fourth-order valence-corrected chi connectivity index (χ4v) is 2.97. The molecule has 0 bridgehead atoms. The molecule has 0 saturated carbocycles. The Labute approximate surface area is 163 Å². The smallest absolute Gasteiger partial charge is 0.208 e. The summed E-state index contributed by atoms with van der Waals surface area (Å²) in [6.07, 6.45) is 7.23. The minimum absolute atomic E-state index is 0.194. The molecule has 0 radical (unpaired) electrons. The second kappa shape index (κ2) is 12.8. The van der Waals surface area contributed by atoms with Crippen molar-refractivity contribution in [3.63, 3.8) is 0 Å². The molecule has 0 unspecified atom stereocenters. The summed E-state index contributed by atoms with van der Waals surface area (Å²) in [7, 11) is -5.32. The number of nitrogens with one attached hydrogen (secondary N) is 1. The van der Waals surface area contributed by atoms with E-state index in [4.69, 9.17) is 0 Å². The van der Waals surface area contributed by atoms with Crippen molar-refractivity contribution in [3.05, 3.63) is 55.1 Å². The van der Waals surface area contributed by atoms with Gasteiger partial charge in [-0.05, 0) is 50.6 Å². The molecule has 1 N–H and O–H groups in total. The fourth-order valence-electron chi connectivity index (χ4n) is 1.99. The molecule has 27 heavy (non-hydrogen) atoms. The molecule has 0 saturated heterocycles. The van der Waals surface area contributed by atoms with E-state index in [1.54, 1.807) is 18.2 Å². The van der Waals surface area contributed by atoms with Crippen LogP contribution < -0.4 is 4.72 Å². The van der Waals surface area contributed by atoms with Gasteiger partial charge < -0.3 is 9.45 Å². The lowest BCUT2D eigenvalue weighted by atomic mass is 10.2. The van der Waals surface area contributed by atoms with Gasteiger partial charge in [-0.3, -0.25) is 0 Å². The Kier molecular flexibility index (Phi) is 12.1. The van der Waals surface area contributed by atoms with Crippen molar-refractivity contribution in [1.29, 1.82) is 0 Å². The number of sulfonamides is 1. The molecule has 0 aromatic heterocycles. The van der Waals surface area contributed by atoms with Gasteiger partial charge in [0.15, 0.2) is 0 Å². The van der Waals surface area contributed by atoms with Gasteiger partial charge in [0.25, 0.3) is 0 Å². The average Bonchev–Trinajstić information content (AvgIpc) is 2.57. The van der Waals surface area contributed by atoms with Gasteiger partial charge in [0.05, 0.1) is 11.2 Å². The van der Waals surface area contributed by atoms with Crippen molar-refractivity contribution in [3.8, 4) is 0 Å². The van der Waals surface area contributed by atoms with Gasteiger partial charge in [-0.25, -0.2) is 21.6 Å². The summed E-state index contributed by atoms with van der Waals surface area (Å²) in [6.45, 7) is 9.58. The van der Waals surface area contributed by atoms with Crippen molar-refractivity contribution >= 4 is 20.1 Å². The first kappa shape index (κ1) is 25.5. The Morgan fingerprint density at radius 1 is 1.07 bits per heavy atom. The number of benzene rings is 1. The third-order valence-corrected chi connectivity index (χ3v) is 4.97. The zero-order valence-electron chi connectivity index (χ0n) is 15.9. The summed E-state index contributed by atoms with van der Waals surface area (Å²) in [5.41, 5.74) is 0.933. The van der Waals surface area contributed by atoms with Crippen LogP contribution in [0.1, 0.15) is 18.4 Å². The normalized spacial score (nSPS) is 11.6. The lowest BCUT2D eigenvalue weighted by molar-refractivity contribution is 0.336. The van der Waals surface area contributed by atoms with E-state index in [2.05, 4.69) is 22.8 Å². The number of allylic oxidation sites excluding steroid dienone is 1. The van der Waals surface area contributed by atoms with Crippen LogP contribution >= 0.6 is 0 Å². The predicted octanol–water partition coefficient (Wildman–Crippen LogP) is 1.75. The summed E-state index contributed by atoms with van der Waals surface area (Å²) in [5, 5.41) is 0. The monoisotopic (exact) mass is 417 g/mol. The Balaban J connectivity index is 0.000000501. The molecule has 0 aliphatic carbocycles. The van der Waals surface area contributed by atoms with Gasteiger partial charge in [-0.1, -0.05) is 24.3 Å². The third-order valence-electron chi connectivity index (χ3n) is 3.39. The first-order valence-corrected chi connectivity index (χ1v) is 11.7. The highest BCUT2D eigenvalue weighted by Gasteiger charge is 2.01. The Bertz CT molecular complexity index is 772. The van der Waals surface area contributed by atoms with Crippen LogP contribution in [0, 0.1) is 0 Å². The van der Waals surface area contributed by atoms with Crippen LogP contribution in [0.3, 0.4) is 0 Å². The van der Waals surface area contributed by atoms with Crippen molar-refractivity contribution in [2.75, 3.05) is 32.9 Å². The number of rotatable bonds is 11. The van der Waals surface area contributed by atoms with Gasteiger partial charge >= 0.3 is 0 Å². The summed E-state index contributed by atoms with van der Waals surface area (Å²) in [6, 6.07) is 5.82. The van der Waals surface area contributed by atoms with Crippen LogP contribution in [-0.4, -0.2) is 59.2 Å². The van der Waals surface area contributed by atoms with Gasteiger partial charge in [-0.15, -0.1) is 13.2 Å². The van der Waals surface area contributed by atoms with Gasteiger partial charge in [0, 0.05) is 13.1 Å². The average molecular weight is 418 g/mol. The molecular formula is C18H29N2O5S2-. The Morgan fingerprint density at radius 3 is 2.11 bits per heavy atom. The number of nitrogens with zero attached hydrogens (tertiary/aromatic N) is 1. The lowest BCUT2D eigenvalue weighted by Crippen LogP contribution is -2.27. The summed E-state index contributed by atoms with van der Waals surface area (Å²) in [4.78, 5) is 1.96. The molecule has 0 spiro atoms. The molecule has 0 atom stereocenters. The van der Waals surface area contributed by atoms with E-state index in [9.17, 15) is 21.4 Å². The van der Waals surface area contributed by atoms with E-state index < -0.39 is 20.1 Å². The van der Waals surface area contributed by atoms with Crippen LogP contribution in [0.15, 0.2) is 54.5 Å². The Hall–Kier alpha value is -1.52. The van der Waals surface area contributed by atoms with E-state index in [-0.39, 0.29) is 4.90 Å². The zero-order valence-corrected chi connectivity index (χ0v) is 17.6. The van der Waals surface area contributed by atoms with Crippen molar-refractivity contribution in [1.82, 2.24) is 9.62 Å². The third kappa shape index (κ3) is 14.2. The van der Waals surface area contributed by atoms with E-state index in [1.807, 2.05) is 13.1 Å². The molecule has 0 amide bonds. The second-order valence-corrected chi connectivity index (χ2v) is 9.20. The van der Waals surface area contributed by atoms with Crippen LogP contribution in [0.2, 0.25) is 0 Å². The standard InChI is InChI=1S/C9H20N2O2S.C9H10O3S/c1-4-5-8-11(2)9-6-7-10-14(3,12)13;1-2-3-8-4-6-9(7-5-8)13(10,11)12/h4,10H,1,5-9H2,2-3H3;2,4-7H,1,3H2,(H,10,11,12)/p-1. The molecule has 0 fully saturated rings. The minimum Gasteiger partial charge on any atom is -0.744 e. The first-order chi connectivity index (χ1) is 12.5. The van der Waals surface area contributed by atoms with Gasteiger partial charge in [0.2, 0.25) is 10.0 Å². The van der Waals surface area contributed by atoms with Gasteiger partial charge in [0.1, 0.15) is 10.1 Å². The zero-order chi connectivity index (χ0) is 20.9. The Morgan fingerprint density at radius 2 is 1.67 bits per heavy atom. The maximum Gasteiger partial charge on any atom is 0.208 e. The van der Waals surface area contributed by atoms with Crippen molar-refractivity contribution in [2.24, 2.45) is 0 Å². The molecule has 1 aromatic rings. The summed E-state index contributed by atoms with van der Waals surface area (Å²) in [5.74, 6) is 0. The minimum atomic E-state index is -4.31. The molecule has 154 valence electrons.